The molecule has 1 atom stereocenters. The number of methoxy groups -OCH3 is 1. The molecule has 1 saturated carbocycles. The zero-order chi connectivity index (χ0) is 18.8. The summed E-state index contributed by atoms with van der Waals surface area (Å²) in [6, 6.07) is 6.81. The predicted molar refractivity (Wildman–Crippen MR) is 91.4 cm³/mol. The van der Waals surface area contributed by atoms with Gasteiger partial charge in [-0.1, -0.05) is 26.0 Å². The van der Waals surface area contributed by atoms with Gasteiger partial charge in [0, 0.05) is 0 Å². The van der Waals surface area contributed by atoms with Gasteiger partial charge >= 0.3 is 5.97 Å². The second kappa shape index (κ2) is 7.13. The highest BCUT2D eigenvalue weighted by Gasteiger charge is 2.47. The van der Waals surface area contributed by atoms with Gasteiger partial charge in [0.2, 0.25) is 0 Å². The molecule has 0 saturated heterocycles. The van der Waals surface area contributed by atoms with Gasteiger partial charge in [-0.3, -0.25) is 8.98 Å². The van der Waals surface area contributed by atoms with Gasteiger partial charge in [0.15, 0.2) is 6.10 Å². The Hall–Kier alpha value is -1.93. The summed E-state index contributed by atoms with van der Waals surface area (Å²) in [6.45, 7) is 3.44. The van der Waals surface area contributed by atoms with E-state index in [-0.39, 0.29) is 5.92 Å². The highest BCUT2D eigenvalue weighted by Crippen LogP contribution is 2.45. The van der Waals surface area contributed by atoms with E-state index in [0.717, 1.165) is 24.7 Å². The van der Waals surface area contributed by atoms with Crippen molar-refractivity contribution in [3.63, 3.8) is 0 Å². The van der Waals surface area contributed by atoms with Crippen molar-refractivity contribution in [1.82, 2.24) is 5.32 Å². The number of carbonyl (C=O) groups is 2. The summed E-state index contributed by atoms with van der Waals surface area (Å²) in [5, 5.41) is 2.91. The topological polar surface area (TPSA) is 98.8 Å². The SMILES string of the molecule is COC(=O)c1ccc(C2(NC(=O)C(OS(C)(=O)=O)C(C)C)CC2)cc1. The minimum Gasteiger partial charge on any atom is -0.465 e. The Morgan fingerprint density at radius 3 is 2.12 bits per heavy atom. The quantitative estimate of drug-likeness (QED) is 0.579. The molecule has 1 aromatic rings. The smallest absolute Gasteiger partial charge is 0.337 e. The van der Waals surface area contributed by atoms with Crippen LogP contribution in [0.1, 0.15) is 42.6 Å². The molecule has 2 rings (SSSR count). The third-order valence-electron chi connectivity index (χ3n) is 4.11. The lowest BCUT2D eigenvalue weighted by atomic mass is 10.0. The summed E-state index contributed by atoms with van der Waals surface area (Å²) in [5.41, 5.74) is 0.740. The van der Waals surface area contributed by atoms with Crippen molar-refractivity contribution in [2.75, 3.05) is 13.4 Å². The molecule has 1 aliphatic carbocycles. The van der Waals surface area contributed by atoms with Gasteiger partial charge in [-0.05, 0) is 36.5 Å². The molecule has 0 bridgehead atoms. The average Bonchev–Trinajstić information content (AvgIpc) is 3.31. The second-order valence-corrected chi connectivity index (χ2v) is 8.21. The molecule has 1 fully saturated rings. The summed E-state index contributed by atoms with van der Waals surface area (Å²) in [4.78, 5) is 24.0. The van der Waals surface area contributed by atoms with Gasteiger partial charge < -0.3 is 10.1 Å². The standard InChI is InChI=1S/C17H23NO6S/c1-11(2)14(24-25(4,21)22)15(19)18-17(9-10-17)13-7-5-12(6-8-13)16(20)23-3/h5-8,11,14H,9-10H2,1-4H3,(H,18,19). The molecule has 8 heteroatoms. The van der Waals surface area contributed by atoms with Crippen LogP contribution in [0.3, 0.4) is 0 Å². The number of rotatable bonds is 7. The highest BCUT2D eigenvalue weighted by atomic mass is 32.2. The molecule has 0 spiro atoms. The van der Waals surface area contributed by atoms with Gasteiger partial charge in [0.1, 0.15) is 0 Å². The third-order valence-corrected chi connectivity index (χ3v) is 4.67. The minimum absolute atomic E-state index is 0.299. The van der Waals surface area contributed by atoms with Crippen molar-refractivity contribution < 1.29 is 26.9 Å². The van der Waals surface area contributed by atoms with E-state index in [4.69, 9.17) is 4.18 Å². The van der Waals surface area contributed by atoms with Crippen LogP contribution < -0.4 is 5.32 Å². The van der Waals surface area contributed by atoms with Crippen molar-refractivity contribution in [2.24, 2.45) is 5.92 Å². The lowest BCUT2D eigenvalue weighted by molar-refractivity contribution is -0.130. The molecule has 1 aliphatic rings. The van der Waals surface area contributed by atoms with E-state index < -0.39 is 33.6 Å². The Labute approximate surface area is 147 Å². The van der Waals surface area contributed by atoms with Crippen molar-refractivity contribution in [3.05, 3.63) is 35.4 Å². The van der Waals surface area contributed by atoms with Crippen LogP contribution >= 0.6 is 0 Å². The van der Waals surface area contributed by atoms with E-state index in [9.17, 15) is 18.0 Å². The third kappa shape index (κ3) is 4.79. The lowest BCUT2D eigenvalue weighted by Gasteiger charge is -2.24. The molecule has 1 amide bonds. The van der Waals surface area contributed by atoms with Gasteiger partial charge in [-0.2, -0.15) is 8.42 Å². The molecule has 1 aromatic carbocycles. The van der Waals surface area contributed by atoms with Gasteiger partial charge in [0.25, 0.3) is 16.0 Å². The Morgan fingerprint density at radius 2 is 1.72 bits per heavy atom. The number of hydrogen-bond donors (Lipinski definition) is 1. The Balaban J connectivity index is 2.15. The van der Waals surface area contributed by atoms with Crippen LogP contribution in [0.2, 0.25) is 0 Å². The monoisotopic (exact) mass is 369 g/mol. The van der Waals surface area contributed by atoms with E-state index >= 15 is 0 Å². The number of ether oxygens (including phenoxy) is 1. The fourth-order valence-electron chi connectivity index (χ4n) is 2.61. The minimum atomic E-state index is -3.74. The van der Waals surface area contributed by atoms with Crippen molar-refractivity contribution in [3.8, 4) is 0 Å². The van der Waals surface area contributed by atoms with Crippen LogP contribution in [-0.4, -0.2) is 39.8 Å². The molecule has 138 valence electrons. The number of nitrogens with one attached hydrogen (secondary N) is 1. The normalized spacial score (nSPS) is 17.0. The number of benzene rings is 1. The summed E-state index contributed by atoms with van der Waals surface area (Å²) in [5.74, 6) is -1.19. The molecule has 7 nitrogen and oxygen atoms in total. The summed E-state index contributed by atoms with van der Waals surface area (Å²) in [6.07, 6.45) is 1.32. The van der Waals surface area contributed by atoms with E-state index in [2.05, 4.69) is 10.1 Å². The van der Waals surface area contributed by atoms with E-state index in [1.165, 1.54) is 7.11 Å². The van der Waals surface area contributed by atoms with Crippen molar-refractivity contribution >= 4 is 22.0 Å². The molecule has 0 aromatic heterocycles. The first-order valence-corrected chi connectivity index (χ1v) is 9.79. The number of carbonyl (C=O) groups excluding carboxylic acids is 2. The van der Waals surface area contributed by atoms with E-state index in [0.29, 0.717) is 5.56 Å². The van der Waals surface area contributed by atoms with Crippen molar-refractivity contribution in [1.29, 1.82) is 0 Å². The number of hydrogen-bond acceptors (Lipinski definition) is 6. The van der Waals surface area contributed by atoms with E-state index in [1.54, 1.807) is 38.1 Å². The van der Waals surface area contributed by atoms with E-state index in [1.807, 2.05) is 0 Å². The predicted octanol–water partition coefficient (Wildman–Crippen LogP) is 1.58. The van der Waals surface area contributed by atoms with Crippen LogP contribution in [0.4, 0.5) is 0 Å². The maximum Gasteiger partial charge on any atom is 0.337 e. The molecule has 0 radical (unpaired) electrons. The van der Waals surface area contributed by atoms with Crippen molar-refractivity contribution in [2.45, 2.75) is 38.3 Å². The Kier molecular flexibility index (Phi) is 5.53. The summed E-state index contributed by atoms with van der Waals surface area (Å²) in [7, 11) is -2.43. The summed E-state index contributed by atoms with van der Waals surface area (Å²) >= 11 is 0. The fraction of sp³-hybridized carbons (Fsp3) is 0.529. The molecular weight excluding hydrogens is 346 g/mol. The first kappa shape index (κ1) is 19.4. The molecule has 0 aliphatic heterocycles. The van der Waals surface area contributed by atoms with Crippen LogP contribution in [0.25, 0.3) is 0 Å². The molecule has 1 N–H and O–H groups in total. The molecule has 0 heterocycles. The average molecular weight is 369 g/mol. The largest absolute Gasteiger partial charge is 0.465 e. The van der Waals surface area contributed by atoms with Crippen LogP contribution in [-0.2, 0) is 29.4 Å². The van der Waals surface area contributed by atoms with Gasteiger partial charge in [-0.25, -0.2) is 4.79 Å². The molecule has 1 unspecified atom stereocenters. The first-order chi connectivity index (χ1) is 11.6. The first-order valence-electron chi connectivity index (χ1n) is 7.97. The molecular formula is C17H23NO6S. The summed E-state index contributed by atoms with van der Waals surface area (Å²) < 4.78 is 32.4. The lowest BCUT2D eigenvalue weighted by Crippen LogP contribution is -2.45. The number of esters is 1. The Morgan fingerprint density at radius 1 is 1.16 bits per heavy atom. The van der Waals surface area contributed by atoms with Crippen LogP contribution in [0.15, 0.2) is 24.3 Å². The Bertz CT molecular complexity index is 750. The van der Waals surface area contributed by atoms with Crippen LogP contribution in [0, 0.1) is 5.92 Å². The zero-order valence-electron chi connectivity index (χ0n) is 14.7. The maximum atomic E-state index is 12.5. The van der Waals surface area contributed by atoms with Gasteiger partial charge in [-0.15, -0.1) is 0 Å². The highest BCUT2D eigenvalue weighted by molar-refractivity contribution is 7.86. The second-order valence-electron chi connectivity index (χ2n) is 6.61. The number of amides is 1. The maximum absolute atomic E-state index is 12.5. The fourth-order valence-corrected chi connectivity index (χ4v) is 3.29. The molecule has 25 heavy (non-hydrogen) atoms. The van der Waals surface area contributed by atoms with Crippen LogP contribution in [0.5, 0.6) is 0 Å². The van der Waals surface area contributed by atoms with Gasteiger partial charge in [0.05, 0.1) is 24.5 Å². The zero-order valence-corrected chi connectivity index (χ0v) is 15.6.